The second-order valence-corrected chi connectivity index (χ2v) is 8.58. The Kier molecular flexibility index (Phi) is 5.16. The Balaban J connectivity index is 1.70. The first-order valence-corrected chi connectivity index (χ1v) is 10.1. The standard InChI is InChI=1S/C17H21N5OS2/c1-11(2)17(3,10-18)19-14(23)9-25-16-21-20-15(13-5-4-8-24-13)22(16)12-6-7-12/h4-5,8,11-12H,6-7,9H2,1-3H3,(H,19,23). The molecule has 25 heavy (non-hydrogen) atoms. The number of aromatic nitrogens is 3. The zero-order valence-electron chi connectivity index (χ0n) is 14.5. The van der Waals surface area contributed by atoms with Gasteiger partial charge in [-0.25, -0.2) is 0 Å². The number of hydrogen-bond donors (Lipinski definition) is 1. The minimum atomic E-state index is -0.857. The minimum Gasteiger partial charge on any atom is -0.337 e. The summed E-state index contributed by atoms with van der Waals surface area (Å²) in [5.41, 5.74) is -0.857. The third kappa shape index (κ3) is 3.88. The van der Waals surface area contributed by atoms with Crippen molar-refractivity contribution in [3.63, 3.8) is 0 Å². The van der Waals surface area contributed by atoms with E-state index < -0.39 is 5.54 Å². The Morgan fingerprint density at radius 2 is 2.32 bits per heavy atom. The van der Waals surface area contributed by atoms with Gasteiger partial charge in [0.25, 0.3) is 0 Å². The molecule has 0 bridgehead atoms. The van der Waals surface area contributed by atoms with E-state index in [9.17, 15) is 10.1 Å². The molecule has 8 heteroatoms. The normalized spacial score (nSPS) is 16.4. The van der Waals surface area contributed by atoms with Crippen LogP contribution in [-0.2, 0) is 4.79 Å². The van der Waals surface area contributed by atoms with Crippen molar-refractivity contribution >= 4 is 29.0 Å². The van der Waals surface area contributed by atoms with Crippen LogP contribution in [0.1, 0.15) is 39.7 Å². The molecule has 1 aliphatic rings. The fraction of sp³-hybridized carbons (Fsp3) is 0.529. The van der Waals surface area contributed by atoms with Gasteiger partial charge in [0.2, 0.25) is 5.91 Å². The molecule has 1 N–H and O–H groups in total. The number of hydrogen-bond acceptors (Lipinski definition) is 6. The number of nitrogens with one attached hydrogen (secondary N) is 1. The summed E-state index contributed by atoms with van der Waals surface area (Å²) >= 11 is 3.02. The van der Waals surface area contributed by atoms with Crippen LogP contribution in [0.15, 0.2) is 22.7 Å². The Morgan fingerprint density at radius 1 is 1.56 bits per heavy atom. The van der Waals surface area contributed by atoms with E-state index in [1.54, 1.807) is 18.3 Å². The SMILES string of the molecule is CC(C)C(C)(C#N)NC(=O)CSc1nnc(-c2cccs2)n1C1CC1. The van der Waals surface area contributed by atoms with Crippen LogP contribution in [0.2, 0.25) is 0 Å². The van der Waals surface area contributed by atoms with Crippen LogP contribution in [0.25, 0.3) is 10.7 Å². The van der Waals surface area contributed by atoms with Gasteiger partial charge in [0.1, 0.15) is 5.54 Å². The quantitative estimate of drug-likeness (QED) is 0.749. The number of nitriles is 1. The molecular weight excluding hydrogens is 354 g/mol. The first-order valence-electron chi connectivity index (χ1n) is 8.28. The maximum atomic E-state index is 12.3. The summed E-state index contributed by atoms with van der Waals surface area (Å²) in [7, 11) is 0. The minimum absolute atomic E-state index is 0.0343. The Hall–Kier alpha value is -1.85. The van der Waals surface area contributed by atoms with Crippen molar-refractivity contribution in [3.05, 3.63) is 17.5 Å². The van der Waals surface area contributed by atoms with Crippen LogP contribution >= 0.6 is 23.1 Å². The van der Waals surface area contributed by atoms with Crippen molar-refractivity contribution in [1.82, 2.24) is 20.1 Å². The number of amides is 1. The van der Waals surface area contributed by atoms with E-state index in [2.05, 4.69) is 26.2 Å². The lowest BCUT2D eigenvalue weighted by Gasteiger charge is -2.27. The summed E-state index contributed by atoms with van der Waals surface area (Å²) in [6.45, 7) is 5.60. The molecule has 0 spiro atoms. The fourth-order valence-corrected chi connectivity index (χ4v) is 3.88. The van der Waals surface area contributed by atoms with Gasteiger partial charge in [-0.05, 0) is 37.1 Å². The molecule has 2 aromatic heterocycles. The highest BCUT2D eigenvalue weighted by molar-refractivity contribution is 7.99. The van der Waals surface area contributed by atoms with Crippen molar-refractivity contribution < 1.29 is 4.79 Å². The van der Waals surface area contributed by atoms with Crippen molar-refractivity contribution in [2.45, 2.75) is 50.4 Å². The maximum Gasteiger partial charge on any atom is 0.231 e. The molecule has 2 aromatic rings. The van der Waals surface area contributed by atoms with E-state index >= 15 is 0 Å². The molecule has 3 rings (SSSR count). The number of thioether (sulfide) groups is 1. The summed E-state index contributed by atoms with van der Waals surface area (Å²) in [4.78, 5) is 13.4. The van der Waals surface area contributed by atoms with Crippen LogP contribution in [-0.4, -0.2) is 32.0 Å². The first kappa shape index (κ1) is 18.0. The van der Waals surface area contributed by atoms with Gasteiger partial charge < -0.3 is 5.32 Å². The topological polar surface area (TPSA) is 83.6 Å². The van der Waals surface area contributed by atoms with Crippen LogP contribution in [0.5, 0.6) is 0 Å². The molecular formula is C17H21N5OS2. The van der Waals surface area contributed by atoms with Gasteiger partial charge in [-0.1, -0.05) is 31.7 Å². The third-order valence-corrected chi connectivity index (χ3v) is 6.25. The molecule has 1 aliphatic carbocycles. The zero-order valence-corrected chi connectivity index (χ0v) is 16.2. The average molecular weight is 376 g/mol. The molecule has 1 atom stereocenters. The Morgan fingerprint density at radius 3 is 2.88 bits per heavy atom. The Bertz CT molecular complexity index is 789. The molecule has 1 amide bonds. The molecule has 0 radical (unpaired) electrons. The molecule has 0 saturated heterocycles. The number of carbonyl (C=O) groups is 1. The number of rotatable bonds is 7. The zero-order chi connectivity index (χ0) is 18.0. The molecule has 0 aliphatic heterocycles. The second-order valence-electron chi connectivity index (χ2n) is 6.69. The van der Waals surface area contributed by atoms with E-state index in [1.807, 2.05) is 31.4 Å². The lowest BCUT2D eigenvalue weighted by molar-refractivity contribution is -0.120. The van der Waals surface area contributed by atoms with Crippen molar-refractivity contribution in [3.8, 4) is 16.8 Å². The van der Waals surface area contributed by atoms with Crippen molar-refractivity contribution in [2.75, 3.05) is 5.75 Å². The van der Waals surface area contributed by atoms with Gasteiger partial charge in [-0.15, -0.1) is 21.5 Å². The highest BCUT2D eigenvalue weighted by Crippen LogP contribution is 2.41. The Labute approximate surface area is 155 Å². The van der Waals surface area contributed by atoms with E-state index in [0.29, 0.717) is 6.04 Å². The van der Waals surface area contributed by atoms with Crippen LogP contribution < -0.4 is 5.32 Å². The van der Waals surface area contributed by atoms with Gasteiger partial charge in [-0.3, -0.25) is 9.36 Å². The molecule has 1 saturated carbocycles. The highest BCUT2D eigenvalue weighted by Gasteiger charge is 2.32. The third-order valence-electron chi connectivity index (χ3n) is 4.44. The van der Waals surface area contributed by atoms with E-state index in [1.165, 1.54) is 11.8 Å². The second kappa shape index (κ2) is 7.18. The van der Waals surface area contributed by atoms with E-state index in [0.717, 1.165) is 28.7 Å². The summed E-state index contributed by atoms with van der Waals surface area (Å²) in [5, 5.41) is 23.6. The van der Waals surface area contributed by atoms with Crippen LogP contribution in [0.3, 0.4) is 0 Å². The van der Waals surface area contributed by atoms with E-state index in [-0.39, 0.29) is 17.6 Å². The number of carbonyl (C=O) groups excluding carboxylic acids is 1. The van der Waals surface area contributed by atoms with Gasteiger partial charge in [0.05, 0.1) is 16.7 Å². The number of nitrogens with zero attached hydrogens (tertiary/aromatic N) is 4. The van der Waals surface area contributed by atoms with Gasteiger partial charge in [0, 0.05) is 6.04 Å². The van der Waals surface area contributed by atoms with Gasteiger partial charge in [0.15, 0.2) is 11.0 Å². The summed E-state index contributed by atoms with van der Waals surface area (Å²) < 4.78 is 2.15. The summed E-state index contributed by atoms with van der Waals surface area (Å²) in [6, 6.07) is 6.66. The van der Waals surface area contributed by atoms with Crippen molar-refractivity contribution in [1.29, 1.82) is 5.26 Å². The van der Waals surface area contributed by atoms with E-state index in [4.69, 9.17) is 0 Å². The molecule has 0 aromatic carbocycles. The van der Waals surface area contributed by atoms with Crippen LogP contribution in [0, 0.1) is 17.2 Å². The molecule has 1 unspecified atom stereocenters. The highest BCUT2D eigenvalue weighted by atomic mass is 32.2. The predicted octanol–water partition coefficient (Wildman–Crippen LogP) is 3.49. The van der Waals surface area contributed by atoms with Crippen molar-refractivity contribution in [2.24, 2.45) is 5.92 Å². The summed E-state index contributed by atoms with van der Waals surface area (Å²) in [6.07, 6.45) is 2.24. The summed E-state index contributed by atoms with van der Waals surface area (Å²) in [5.74, 6) is 0.974. The number of thiophene rings is 1. The molecule has 132 valence electrons. The lowest BCUT2D eigenvalue weighted by atomic mass is 9.90. The van der Waals surface area contributed by atoms with Crippen LogP contribution in [0.4, 0.5) is 0 Å². The largest absolute Gasteiger partial charge is 0.337 e. The molecule has 1 fully saturated rings. The average Bonchev–Trinajstić information content (AvgIpc) is 3.11. The fourth-order valence-electron chi connectivity index (χ4n) is 2.37. The van der Waals surface area contributed by atoms with Gasteiger partial charge in [-0.2, -0.15) is 5.26 Å². The molecule has 2 heterocycles. The smallest absolute Gasteiger partial charge is 0.231 e. The first-order chi connectivity index (χ1) is 11.9. The monoisotopic (exact) mass is 375 g/mol. The lowest BCUT2D eigenvalue weighted by Crippen LogP contribution is -2.49. The molecule has 6 nitrogen and oxygen atoms in total. The van der Waals surface area contributed by atoms with Gasteiger partial charge >= 0.3 is 0 Å². The predicted molar refractivity (Wildman–Crippen MR) is 99.3 cm³/mol. The maximum absolute atomic E-state index is 12.3.